The van der Waals surface area contributed by atoms with Gasteiger partial charge in [0.25, 0.3) is 5.91 Å². The van der Waals surface area contributed by atoms with Gasteiger partial charge in [0.15, 0.2) is 5.13 Å². The van der Waals surface area contributed by atoms with Gasteiger partial charge < -0.3 is 0 Å². The summed E-state index contributed by atoms with van der Waals surface area (Å²) in [4.78, 5) is 17.1. The highest BCUT2D eigenvalue weighted by Gasteiger charge is 2.28. The summed E-state index contributed by atoms with van der Waals surface area (Å²) in [5, 5.41) is 4.85. The molecule has 0 aliphatic carbocycles. The maximum Gasteiger partial charge on any atom is 0.259 e. The van der Waals surface area contributed by atoms with Crippen LogP contribution in [0.5, 0.6) is 0 Å². The minimum atomic E-state index is -3.67. The van der Waals surface area contributed by atoms with E-state index in [4.69, 9.17) is 11.6 Å². The molecule has 3 aromatic rings. The molecule has 1 fully saturated rings. The maximum atomic E-state index is 13.1. The van der Waals surface area contributed by atoms with E-state index in [2.05, 4.69) is 10.3 Å². The topological polar surface area (TPSA) is 79.4 Å². The van der Waals surface area contributed by atoms with Crippen LogP contribution < -0.4 is 5.32 Å². The fourth-order valence-electron chi connectivity index (χ4n) is 3.17. The van der Waals surface area contributed by atoms with E-state index in [9.17, 15) is 17.6 Å². The van der Waals surface area contributed by atoms with Crippen LogP contribution in [-0.2, 0) is 10.0 Å². The first-order valence-electron chi connectivity index (χ1n) is 9.17. The van der Waals surface area contributed by atoms with Crippen molar-refractivity contribution >= 4 is 44.0 Å². The molecule has 2 heterocycles. The number of carbonyl (C=O) groups is 1. The lowest BCUT2D eigenvalue weighted by atomic mass is 10.2. The summed E-state index contributed by atoms with van der Waals surface area (Å²) in [5.74, 6) is -0.903. The lowest BCUT2D eigenvalue weighted by Crippen LogP contribution is -2.28. The smallest absolute Gasteiger partial charge is 0.259 e. The zero-order valence-corrected chi connectivity index (χ0v) is 18.0. The van der Waals surface area contributed by atoms with Gasteiger partial charge in [-0.15, -0.1) is 11.3 Å². The van der Waals surface area contributed by atoms with Crippen LogP contribution in [0.1, 0.15) is 23.2 Å². The molecule has 0 atom stereocenters. The van der Waals surface area contributed by atoms with Gasteiger partial charge in [0.05, 0.1) is 21.2 Å². The Morgan fingerprint density at radius 1 is 1.13 bits per heavy atom. The van der Waals surface area contributed by atoms with Crippen molar-refractivity contribution in [3.8, 4) is 11.3 Å². The van der Waals surface area contributed by atoms with Crippen molar-refractivity contribution in [3.63, 3.8) is 0 Å². The van der Waals surface area contributed by atoms with E-state index < -0.39 is 15.9 Å². The number of rotatable bonds is 5. The van der Waals surface area contributed by atoms with Gasteiger partial charge in [-0.05, 0) is 55.3 Å². The first-order valence-corrected chi connectivity index (χ1v) is 11.9. The summed E-state index contributed by atoms with van der Waals surface area (Å²) in [6, 6.07) is 9.96. The maximum absolute atomic E-state index is 13.1. The second-order valence-electron chi connectivity index (χ2n) is 6.75. The molecule has 10 heteroatoms. The predicted molar refractivity (Wildman–Crippen MR) is 115 cm³/mol. The summed E-state index contributed by atoms with van der Waals surface area (Å²) in [7, 11) is -3.67. The molecule has 0 spiro atoms. The van der Waals surface area contributed by atoms with Crippen molar-refractivity contribution in [1.82, 2.24) is 9.29 Å². The van der Waals surface area contributed by atoms with E-state index in [1.54, 1.807) is 17.5 Å². The number of anilines is 1. The van der Waals surface area contributed by atoms with Crippen molar-refractivity contribution < 1.29 is 17.6 Å². The van der Waals surface area contributed by atoms with Crippen LogP contribution >= 0.6 is 22.9 Å². The van der Waals surface area contributed by atoms with E-state index in [0.717, 1.165) is 12.8 Å². The van der Waals surface area contributed by atoms with Gasteiger partial charge in [-0.2, -0.15) is 4.31 Å². The quantitative estimate of drug-likeness (QED) is 0.595. The third-order valence-corrected chi connectivity index (χ3v) is 7.73. The average molecular weight is 466 g/mol. The Morgan fingerprint density at radius 2 is 1.83 bits per heavy atom. The Hall–Kier alpha value is -2.33. The summed E-state index contributed by atoms with van der Waals surface area (Å²) in [5.41, 5.74) is 1.35. The fourth-order valence-corrected chi connectivity index (χ4v) is 5.63. The zero-order chi connectivity index (χ0) is 21.3. The van der Waals surface area contributed by atoms with Gasteiger partial charge in [0.1, 0.15) is 5.82 Å². The number of amides is 1. The second-order valence-corrected chi connectivity index (χ2v) is 9.95. The molecule has 4 rings (SSSR count). The number of nitrogens with zero attached hydrogens (tertiary/aromatic N) is 2. The van der Waals surface area contributed by atoms with Gasteiger partial charge in [-0.25, -0.2) is 17.8 Å². The molecular formula is C20H17ClFN3O3S2. The molecule has 1 aliphatic heterocycles. The Morgan fingerprint density at radius 3 is 2.53 bits per heavy atom. The molecule has 156 valence electrons. The average Bonchev–Trinajstić information content (AvgIpc) is 3.41. The standard InChI is InChI=1S/C20H17ClFN3O3S2/c21-17-8-7-15(30(27,28)25-9-1-2-10-25)11-16(17)19(26)24-20-23-18(12-29-20)13-3-5-14(22)6-4-13/h3-8,11-12H,1-2,9-10H2,(H,23,24,26). The molecule has 1 N–H and O–H groups in total. The van der Waals surface area contributed by atoms with Crippen LogP contribution in [0.15, 0.2) is 52.7 Å². The van der Waals surface area contributed by atoms with Crippen LogP contribution in [0.2, 0.25) is 5.02 Å². The van der Waals surface area contributed by atoms with Gasteiger partial charge in [0, 0.05) is 24.0 Å². The number of sulfonamides is 1. The zero-order valence-electron chi connectivity index (χ0n) is 15.6. The molecule has 2 aromatic carbocycles. The summed E-state index contributed by atoms with van der Waals surface area (Å²) >= 11 is 7.36. The van der Waals surface area contributed by atoms with E-state index in [0.29, 0.717) is 29.5 Å². The number of hydrogen-bond donors (Lipinski definition) is 1. The lowest BCUT2D eigenvalue weighted by molar-refractivity contribution is 0.102. The highest BCUT2D eigenvalue weighted by molar-refractivity contribution is 7.89. The molecule has 1 amide bonds. The fraction of sp³-hybridized carbons (Fsp3) is 0.200. The molecule has 0 unspecified atom stereocenters. The van der Waals surface area contributed by atoms with Gasteiger partial charge in [-0.3, -0.25) is 10.1 Å². The first-order chi connectivity index (χ1) is 14.3. The number of aromatic nitrogens is 1. The van der Waals surface area contributed by atoms with Crippen LogP contribution in [0, 0.1) is 5.82 Å². The SMILES string of the molecule is O=C(Nc1nc(-c2ccc(F)cc2)cs1)c1cc(S(=O)(=O)N2CCCC2)ccc1Cl. The van der Waals surface area contributed by atoms with Crippen LogP contribution in [0.4, 0.5) is 9.52 Å². The van der Waals surface area contributed by atoms with E-state index in [-0.39, 0.29) is 21.3 Å². The molecule has 1 aliphatic rings. The van der Waals surface area contributed by atoms with Crippen LogP contribution in [0.25, 0.3) is 11.3 Å². The summed E-state index contributed by atoms with van der Waals surface area (Å²) in [6.45, 7) is 0.940. The summed E-state index contributed by atoms with van der Waals surface area (Å²) < 4.78 is 40.1. The Balaban J connectivity index is 1.56. The normalized spacial score (nSPS) is 14.7. The number of thiazole rings is 1. The third kappa shape index (κ3) is 4.24. The molecule has 0 bridgehead atoms. The molecule has 1 saturated heterocycles. The number of carbonyl (C=O) groups excluding carboxylic acids is 1. The predicted octanol–water partition coefficient (Wildman–Crippen LogP) is 4.64. The van der Waals surface area contributed by atoms with Crippen molar-refractivity contribution in [2.75, 3.05) is 18.4 Å². The second kappa shape index (κ2) is 8.43. The molecule has 1 aromatic heterocycles. The highest BCUT2D eigenvalue weighted by Crippen LogP contribution is 2.28. The number of hydrogen-bond acceptors (Lipinski definition) is 5. The van der Waals surface area contributed by atoms with E-state index in [1.807, 2.05) is 0 Å². The molecule has 30 heavy (non-hydrogen) atoms. The van der Waals surface area contributed by atoms with Gasteiger partial charge in [-0.1, -0.05) is 11.6 Å². The van der Waals surface area contributed by atoms with Crippen molar-refractivity contribution in [2.45, 2.75) is 17.7 Å². The minimum Gasteiger partial charge on any atom is -0.298 e. The Kier molecular flexibility index (Phi) is 5.88. The lowest BCUT2D eigenvalue weighted by Gasteiger charge is -2.16. The summed E-state index contributed by atoms with van der Waals surface area (Å²) in [6.07, 6.45) is 1.64. The number of benzene rings is 2. The minimum absolute atomic E-state index is 0.0325. The van der Waals surface area contributed by atoms with Gasteiger partial charge >= 0.3 is 0 Å². The number of nitrogens with one attached hydrogen (secondary N) is 1. The largest absolute Gasteiger partial charge is 0.298 e. The Labute approximate surface area is 182 Å². The van der Waals surface area contributed by atoms with Crippen LogP contribution in [0.3, 0.4) is 0 Å². The third-order valence-electron chi connectivity index (χ3n) is 4.75. The van der Waals surface area contributed by atoms with Crippen molar-refractivity contribution in [2.24, 2.45) is 0 Å². The van der Waals surface area contributed by atoms with Gasteiger partial charge in [0.2, 0.25) is 10.0 Å². The highest BCUT2D eigenvalue weighted by atomic mass is 35.5. The van der Waals surface area contributed by atoms with Crippen molar-refractivity contribution in [1.29, 1.82) is 0 Å². The first kappa shape index (κ1) is 20.9. The molecule has 0 saturated carbocycles. The molecule has 0 radical (unpaired) electrons. The van der Waals surface area contributed by atoms with Crippen LogP contribution in [-0.4, -0.2) is 36.7 Å². The van der Waals surface area contributed by atoms with E-state index >= 15 is 0 Å². The monoisotopic (exact) mass is 465 g/mol. The Bertz CT molecular complexity index is 1190. The number of halogens is 2. The molecular weight excluding hydrogens is 449 g/mol. The van der Waals surface area contributed by atoms with E-state index in [1.165, 1.54) is 46.0 Å². The van der Waals surface area contributed by atoms with Crippen molar-refractivity contribution in [3.05, 3.63) is 64.2 Å². The molecule has 6 nitrogen and oxygen atoms in total.